The first-order valence-corrected chi connectivity index (χ1v) is 12.3. The van der Waals surface area contributed by atoms with E-state index in [1.165, 1.54) is 4.90 Å². The van der Waals surface area contributed by atoms with Gasteiger partial charge in [-0.05, 0) is 38.5 Å². The summed E-state index contributed by atoms with van der Waals surface area (Å²) in [4.78, 5) is 27.5. The molecule has 190 valence electrons. The van der Waals surface area contributed by atoms with Gasteiger partial charge in [0.05, 0.1) is 18.0 Å². The lowest BCUT2D eigenvalue weighted by atomic mass is 10.1. The van der Waals surface area contributed by atoms with E-state index in [1.54, 1.807) is 4.68 Å². The maximum Gasteiger partial charge on any atom is 0.249 e. The normalized spacial score (nSPS) is 10.9. The highest BCUT2D eigenvalue weighted by Crippen LogP contribution is 2.25. The Bertz CT molecular complexity index is 1320. The van der Waals surface area contributed by atoms with Crippen molar-refractivity contribution in [2.75, 3.05) is 18.5 Å². The number of hydrogen-bond donors (Lipinski definition) is 1. The van der Waals surface area contributed by atoms with Crippen molar-refractivity contribution >= 4 is 17.6 Å². The van der Waals surface area contributed by atoms with Gasteiger partial charge >= 0.3 is 0 Å². The van der Waals surface area contributed by atoms with Gasteiger partial charge in [-0.25, -0.2) is 4.68 Å². The van der Waals surface area contributed by atoms with Crippen LogP contribution in [0, 0.1) is 6.92 Å². The summed E-state index contributed by atoms with van der Waals surface area (Å²) < 4.78 is 7.33. The van der Waals surface area contributed by atoms with Gasteiger partial charge in [-0.3, -0.25) is 9.59 Å². The van der Waals surface area contributed by atoms with Crippen molar-refractivity contribution in [2.45, 2.75) is 33.4 Å². The van der Waals surface area contributed by atoms with E-state index in [0.717, 1.165) is 28.1 Å². The molecule has 0 saturated heterocycles. The van der Waals surface area contributed by atoms with Crippen molar-refractivity contribution in [3.63, 3.8) is 0 Å². The van der Waals surface area contributed by atoms with Gasteiger partial charge in [0.1, 0.15) is 19.0 Å². The van der Waals surface area contributed by atoms with Crippen molar-refractivity contribution in [3.8, 4) is 16.9 Å². The van der Waals surface area contributed by atoms with Crippen LogP contribution in [-0.4, -0.2) is 45.7 Å². The zero-order chi connectivity index (χ0) is 26.2. The number of nitrogens with zero attached hydrogens (tertiary/aromatic N) is 3. The number of hydrogen-bond acceptors (Lipinski definition) is 4. The SMILES string of the molecule is Cc1ccc(-n2nc(-c3ccccc3)cc2NC(=O)CN(C(=O)COCc2ccccc2)C(C)C)cc1. The molecule has 0 saturated carbocycles. The predicted molar refractivity (Wildman–Crippen MR) is 145 cm³/mol. The molecular formula is C30H32N4O3. The largest absolute Gasteiger partial charge is 0.367 e. The van der Waals surface area contributed by atoms with Crippen molar-refractivity contribution in [2.24, 2.45) is 0 Å². The fraction of sp³-hybridized carbons (Fsp3) is 0.233. The van der Waals surface area contributed by atoms with Gasteiger partial charge < -0.3 is 15.0 Å². The maximum absolute atomic E-state index is 13.1. The summed E-state index contributed by atoms with van der Waals surface area (Å²) in [5.74, 6) is -0.0136. The lowest BCUT2D eigenvalue weighted by Gasteiger charge is -2.26. The Morgan fingerprint density at radius 1 is 0.946 bits per heavy atom. The maximum atomic E-state index is 13.1. The summed E-state index contributed by atoms with van der Waals surface area (Å²) in [6.07, 6.45) is 0. The quantitative estimate of drug-likeness (QED) is 0.326. The van der Waals surface area contributed by atoms with Crippen LogP contribution in [0.4, 0.5) is 5.82 Å². The second-order valence-corrected chi connectivity index (χ2v) is 9.17. The summed E-state index contributed by atoms with van der Waals surface area (Å²) in [5.41, 5.74) is 4.63. The minimum absolute atomic E-state index is 0.0923. The predicted octanol–water partition coefficient (Wildman–Crippen LogP) is 5.24. The van der Waals surface area contributed by atoms with Crippen molar-refractivity contribution in [1.29, 1.82) is 0 Å². The molecule has 0 unspecified atom stereocenters. The molecule has 4 rings (SSSR count). The molecule has 37 heavy (non-hydrogen) atoms. The highest BCUT2D eigenvalue weighted by molar-refractivity contribution is 5.95. The monoisotopic (exact) mass is 496 g/mol. The molecule has 1 N–H and O–H groups in total. The van der Waals surface area contributed by atoms with Crippen LogP contribution in [0.5, 0.6) is 0 Å². The first kappa shape index (κ1) is 25.9. The molecule has 1 aromatic heterocycles. The molecule has 0 aliphatic rings. The van der Waals surface area contributed by atoms with Crippen molar-refractivity contribution in [3.05, 3.63) is 102 Å². The van der Waals surface area contributed by atoms with Crippen molar-refractivity contribution in [1.82, 2.24) is 14.7 Å². The molecular weight excluding hydrogens is 464 g/mol. The smallest absolute Gasteiger partial charge is 0.249 e. The van der Waals surface area contributed by atoms with E-state index in [0.29, 0.717) is 12.4 Å². The molecule has 0 aliphatic carbocycles. The van der Waals surface area contributed by atoms with Crippen molar-refractivity contribution < 1.29 is 14.3 Å². The number of carbonyl (C=O) groups is 2. The molecule has 1 heterocycles. The standard InChI is InChI=1S/C30H32N4O3/c1-22(2)33(30(36)21-37-20-24-10-6-4-7-11-24)19-29(35)31-28-18-27(25-12-8-5-9-13-25)32-34(28)26-16-14-23(3)15-17-26/h4-18,22H,19-21H2,1-3H3,(H,31,35). The Kier molecular flexibility index (Phi) is 8.48. The first-order chi connectivity index (χ1) is 17.9. The van der Waals surface area contributed by atoms with Gasteiger partial charge in [0, 0.05) is 17.7 Å². The third-order valence-corrected chi connectivity index (χ3v) is 5.92. The minimum atomic E-state index is -0.307. The summed E-state index contributed by atoms with van der Waals surface area (Å²) >= 11 is 0. The average molecular weight is 497 g/mol. The van der Waals surface area contributed by atoms with Gasteiger partial charge in [0.2, 0.25) is 11.8 Å². The summed E-state index contributed by atoms with van der Waals surface area (Å²) in [5, 5.41) is 7.72. The van der Waals surface area contributed by atoms with E-state index < -0.39 is 0 Å². The van der Waals surface area contributed by atoms with Crippen LogP contribution in [0.2, 0.25) is 0 Å². The Hall–Kier alpha value is -4.23. The molecule has 7 heteroatoms. The molecule has 0 aliphatic heterocycles. The van der Waals surface area contributed by atoms with Gasteiger partial charge in [-0.2, -0.15) is 5.10 Å². The lowest BCUT2D eigenvalue weighted by Crippen LogP contribution is -2.44. The summed E-state index contributed by atoms with van der Waals surface area (Å²) in [6, 6.07) is 29.1. The Morgan fingerprint density at radius 3 is 2.24 bits per heavy atom. The molecule has 7 nitrogen and oxygen atoms in total. The molecule has 0 radical (unpaired) electrons. The summed E-state index contributed by atoms with van der Waals surface area (Å²) in [6.45, 7) is 5.93. The topological polar surface area (TPSA) is 76.5 Å². The van der Waals surface area contributed by atoms with E-state index in [2.05, 4.69) is 5.32 Å². The molecule has 4 aromatic rings. The highest BCUT2D eigenvalue weighted by Gasteiger charge is 2.22. The van der Waals surface area contributed by atoms with E-state index in [1.807, 2.05) is 112 Å². The second kappa shape index (κ2) is 12.1. The molecule has 0 bridgehead atoms. The van der Waals surface area contributed by atoms with Crippen LogP contribution >= 0.6 is 0 Å². The van der Waals surface area contributed by atoms with Crippen LogP contribution in [0.3, 0.4) is 0 Å². The highest BCUT2D eigenvalue weighted by atomic mass is 16.5. The molecule has 0 spiro atoms. The van der Waals surface area contributed by atoms with E-state index in [4.69, 9.17) is 9.84 Å². The van der Waals surface area contributed by atoms with E-state index in [-0.39, 0.29) is 31.0 Å². The fourth-order valence-electron chi connectivity index (χ4n) is 3.91. The zero-order valence-electron chi connectivity index (χ0n) is 21.4. The minimum Gasteiger partial charge on any atom is -0.367 e. The number of rotatable bonds is 10. The molecule has 3 aromatic carbocycles. The summed E-state index contributed by atoms with van der Waals surface area (Å²) in [7, 11) is 0. The third kappa shape index (κ3) is 6.92. The van der Waals surface area contributed by atoms with Crippen LogP contribution in [-0.2, 0) is 20.9 Å². The number of anilines is 1. The van der Waals surface area contributed by atoms with E-state index in [9.17, 15) is 9.59 Å². The van der Waals surface area contributed by atoms with E-state index >= 15 is 0 Å². The number of nitrogens with one attached hydrogen (secondary N) is 1. The zero-order valence-corrected chi connectivity index (χ0v) is 21.4. The Balaban J connectivity index is 1.47. The van der Waals surface area contributed by atoms with Gasteiger partial charge in [0.25, 0.3) is 0 Å². The molecule has 2 amide bonds. The number of carbonyl (C=O) groups excluding carboxylic acids is 2. The van der Waals surface area contributed by atoms with Gasteiger partial charge in [-0.1, -0.05) is 78.4 Å². The number of ether oxygens (including phenoxy) is 1. The van der Waals surface area contributed by atoms with Crippen LogP contribution < -0.4 is 5.32 Å². The number of benzene rings is 3. The number of aryl methyl sites for hydroxylation is 1. The Morgan fingerprint density at radius 2 is 1.59 bits per heavy atom. The number of aromatic nitrogens is 2. The Labute approximate surface area is 217 Å². The van der Waals surface area contributed by atoms with Crippen LogP contribution in [0.25, 0.3) is 16.9 Å². The van der Waals surface area contributed by atoms with Gasteiger partial charge in [0.15, 0.2) is 0 Å². The fourth-order valence-corrected chi connectivity index (χ4v) is 3.91. The lowest BCUT2D eigenvalue weighted by molar-refractivity contribution is -0.141. The second-order valence-electron chi connectivity index (χ2n) is 9.17. The van der Waals surface area contributed by atoms with Crippen LogP contribution in [0.1, 0.15) is 25.0 Å². The average Bonchev–Trinajstić information content (AvgIpc) is 3.32. The third-order valence-electron chi connectivity index (χ3n) is 5.92. The molecule has 0 fully saturated rings. The van der Waals surface area contributed by atoms with Gasteiger partial charge in [-0.15, -0.1) is 0 Å². The number of amides is 2. The first-order valence-electron chi connectivity index (χ1n) is 12.3. The molecule has 0 atom stereocenters. The van der Waals surface area contributed by atoms with Crippen LogP contribution in [0.15, 0.2) is 91.0 Å².